The molecule has 1 fully saturated rings. The highest BCUT2D eigenvalue weighted by Crippen LogP contribution is 2.23. The lowest BCUT2D eigenvalue weighted by Gasteiger charge is -2.19. The van der Waals surface area contributed by atoms with Gasteiger partial charge in [0, 0.05) is 19.2 Å². The molecule has 4 aromatic rings. The van der Waals surface area contributed by atoms with Gasteiger partial charge in [0.15, 0.2) is 11.2 Å². The van der Waals surface area contributed by atoms with Crippen LogP contribution in [0.5, 0.6) is 0 Å². The van der Waals surface area contributed by atoms with Crippen LogP contribution in [0.25, 0.3) is 16.9 Å². The Bertz CT molecular complexity index is 1540. The Morgan fingerprint density at radius 3 is 2.47 bits per heavy atom. The highest BCUT2D eigenvalue weighted by molar-refractivity contribution is 5.72. The fraction of sp³-hybridized carbons (Fsp3) is 0.370. The lowest BCUT2D eigenvalue weighted by atomic mass is 9.87. The third kappa shape index (κ3) is 4.39. The minimum atomic E-state index is -0.923. The van der Waals surface area contributed by atoms with Crippen LogP contribution in [0.3, 0.4) is 0 Å². The van der Waals surface area contributed by atoms with Crippen LogP contribution in [-0.2, 0) is 23.2 Å². The minimum absolute atomic E-state index is 0.00553. The molecule has 1 aliphatic rings. The number of imidazole rings is 1. The molecule has 0 saturated carbocycles. The average Bonchev–Trinajstić information content (AvgIpc) is 3.48. The van der Waals surface area contributed by atoms with Crippen LogP contribution in [0.1, 0.15) is 44.7 Å². The molecule has 9 heteroatoms. The summed E-state index contributed by atoms with van der Waals surface area (Å²) in [5.74, 6) is -1.69. The second-order valence-corrected chi connectivity index (χ2v) is 10.3. The van der Waals surface area contributed by atoms with Gasteiger partial charge in [-0.1, -0.05) is 45.0 Å². The Morgan fingerprint density at radius 2 is 1.83 bits per heavy atom. The fourth-order valence-corrected chi connectivity index (χ4v) is 4.64. The molecular weight excluding hydrogens is 466 g/mol. The fourth-order valence-electron chi connectivity index (χ4n) is 4.64. The first-order valence-electron chi connectivity index (χ1n) is 12.0. The second-order valence-electron chi connectivity index (χ2n) is 10.3. The third-order valence-corrected chi connectivity index (χ3v) is 6.63. The molecular formula is C27H28F2N4O3. The summed E-state index contributed by atoms with van der Waals surface area (Å²) < 4.78 is 37.9. The third-order valence-electron chi connectivity index (χ3n) is 6.63. The molecule has 0 unspecified atom stereocenters. The molecule has 0 N–H and O–H groups in total. The molecule has 1 atom stereocenters. The quantitative estimate of drug-likeness (QED) is 0.418. The lowest BCUT2D eigenvalue weighted by Crippen LogP contribution is -2.42. The first-order chi connectivity index (χ1) is 17.1. The molecule has 0 radical (unpaired) electrons. The van der Waals surface area contributed by atoms with Gasteiger partial charge in [-0.3, -0.25) is 9.36 Å². The zero-order valence-electron chi connectivity index (χ0n) is 20.5. The van der Waals surface area contributed by atoms with E-state index in [2.05, 4.69) is 25.8 Å². The first kappa shape index (κ1) is 24.1. The van der Waals surface area contributed by atoms with E-state index >= 15 is 0 Å². The maximum Gasteiger partial charge on any atom is 0.337 e. The first-order valence-corrected chi connectivity index (χ1v) is 12.0. The molecule has 3 heterocycles. The van der Waals surface area contributed by atoms with E-state index in [9.17, 15) is 18.4 Å². The van der Waals surface area contributed by atoms with Gasteiger partial charge in [-0.15, -0.1) is 0 Å². The molecule has 1 aliphatic heterocycles. The standard InChI is InChI=1S/C27H28F2N4O3/c1-27(2,3)18-8-6-17(7-9-18)14-31-16-30-24-23(31)25(34)32(15-20-5-4-12-36-20)26(35)33(24)22-11-10-19(28)13-21(22)29/h6-11,13,16,20H,4-5,12,14-15H2,1-3H3/t20-/m0/s1. The van der Waals surface area contributed by atoms with Gasteiger partial charge in [0.05, 0.1) is 24.7 Å². The lowest BCUT2D eigenvalue weighted by molar-refractivity contribution is 0.0950. The predicted molar refractivity (Wildman–Crippen MR) is 133 cm³/mol. The summed E-state index contributed by atoms with van der Waals surface area (Å²) in [4.78, 5) is 31.4. The number of hydrogen-bond donors (Lipinski definition) is 0. The molecule has 188 valence electrons. The zero-order valence-corrected chi connectivity index (χ0v) is 20.5. The van der Waals surface area contributed by atoms with Crippen molar-refractivity contribution in [1.29, 1.82) is 0 Å². The maximum absolute atomic E-state index is 14.8. The molecule has 0 spiro atoms. The predicted octanol–water partition coefficient (Wildman–Crippen LogP) is 4.15. The van der Waals surface area contributed by atoms with Crippen molar-refractivity contribution in [1.82, 2.24) is 18.7 Å². The van der Waals surface area contributed by atoms with Crippen molar-refractivity contribution < 1.29 is 13.5 Å². The Balaban J connectivity index is 1.67. The number of halogens is 2. The highest BCUT2D eigenvalue weighted by atomic mass is 19.1. The summed E-state index contributed by atoms with van der Waals surface area (Å²) in [5.41, 5.74) is 0.876. The largest absolute Gasteiger partial charge is 0.376 e. The molecule has 0 bridgehead atoms. The number of benzene rings is 2. The van der Waals surface area contributed by atoms with Gasteiger partial charge in [0.1, 0.15) is 11.6 Å². The number of nitrogens with zero attached hydrogens (tertiary/aromatic N) is 4. The summed E-state index contributed by atoms with van der Waals surface area (Å²) in [5, 5.41) is 0. The van der Waals surface area contributed by atoms with E-state index in [1.165, 1.54) is 18.0 Å². The number of ether oxygens (including phenoxy) is 1. The van der Waals surface area contributed by atoms with Crippen molar-refractivity contribution in [2.24, 2.45) is 0 Å². The van der Waals surface area contributed by atoms with Crippen LogP contribution in [0.4, 0.5) is 8.78 Å². The maximum atomic E-state index is 14.8. The summed E-state index contributed by atoms with van der Waals surface area (Å²) in [6.07, 6.45) is 2.73. The van der Waals surface area contributed by atoms with Crippen LogP contribution < -0.4 is 11.2 Å². The molecule has 7 nitrogen and oxygen atoms in total. The van der Waals surface area contributed by atoms with Crippen molar-refractivity contribution in [3.63, 3.8) is 0 Å². The van der Waals surface area contributed by atoms with E-state index in [0.29, 0.717) is 25.6 Å². The Morgan fingerprint density at radius 1 is 1.08 bits per heavy atom. The number of rotatable bonds is 5. The smallest absolute Gasteiger partial charge is 0.337 e. The monoisotopic (exact) mass is 494 g/mol. The van der Waals surface area contributed by atoms with Crippen molar-refractivity contribution in [3.05, 3.63) is 92.4 Å². The Labute approximate surface area is 206 Å². The number of hydrogen-bond acceptors (Lipinski definition) is 4. The summed E-state index contributed by atoms with van der Waals surface area (Å²) in [6, 6.07) is 11.0. The van der Waals surface area contributed by atoms with Gasteiger partial charge in [-0.05, 0) is 41.5 Å². The summed E-state index contributed by atoms with van der Waals surface area (Å²) >= 11 is 0. The van der Waals surface area contributed by atoms with Gasteiger partial charge < -0.3 is 9.30 Å². The SMILES string of the molecule is CC(C)(C)c1ccc(Cn2cnc3c2c(=O)n(C[C@@H]2CCCO2)c(=O)n3-c2ccc(F)cc2F)cc1. The molecule has 36 heavy (non-hydrogen) atoms. The van der Waals surface area contributed by atoms with E-state index in [-0.39, 0.29) is 34.9 Å². The Hall–Kier alpha value is -3.59. The number of fused-ring (bicyclic) bond motifs is 1. The topological polar surface area (TPSA) is 71.1 Å². The van der Waals surface area contributed by atoms with E-state index in [4.69, 9.17) is 4.74 Å². The Kier molecular flexibility index (Phi) is 6.12. The second kappa shape index (κ2) is 9.13. The highest BCUT2D eigenvalue weighted by Gasteiger charge is 2.25. The van der Waals surface area contributed by atoms with Gasteiger partial charge in [-0.25, -0.2) is 23.1 Å². The van der Waals surface area contributed by atoms with Crippen LogP contribution in [0.2, 0.25) is 0 Å². The van der Waals surface area contributed by atoms with Crippen LogP contribution in [-0.4, -0.2) is 31.4 Å². The van der Waals surface area contributed by atoms with E-state index in [1.807, 2.05) is 24.3 Å². The van der Waals surface area contributed by atoms with Crippen molar-refractivity contribution in [3.8, 4) is 5.69 Å². The van der Waals surface area contributed by atoms with E-state index in [0.717, 1.165) is 27.2 Å². The van der Waals surface area contributed by atoms with Crippen LogP contribution in [0, 0.1) is 11.6 Å². The van der Waals surface area contributed by atoms with E-state index in [1.54, 1.807) is 4.57 Å². The molecule has 2 aromatic carbocycles. The average molecular weight is 495 g/mol. The molecule has 1 saturated heterocycles. The van der Waals surface area contributed by atoms with Crippen molar-refractivity contribution in [2.45, 2.75) is 58.2 Å². The molecule has 0 amide bonds. The molecule has 0 aliphatic carbocycles. The van der Waals surface area contributed by atoms with Crippen LogP contribution in [0.15, 0.2) is 58.4 Å². The van der Waals surface area contributed by atoms with Gasteiger partial charge in [0.2, 0.25) is 0 Å². The molecule has 5 rings (SSSR count). The normalized spacial score (nSPS) is 16.2. The van der Waals surface area contributed by atoms with Gasteiger partial charge in [-0.2, -0.15) is 0 Å². The van der Waals surface area contributed by atoms with Crippen molar-refractivity contribution in [2.75, 3.05) is 6.61 Å². The van der Waals surface area contributed by atoms with Gasteiger partial charge in [0.25, 0.3) is 5.56 Å². The number of aromatic nitrogens is 4. The summed E-state index contributed by atoms with van der Waals surface area (Å²) in [6.45, 7) is 7.34. The zero-order chi connectivity index (χ0) is 25.6. The molecule has 2 aromatic heterocycles. The van der Waals surface area contributed by atoms with Crippen molar-refractivity contribution >= 4 is 11.2 Å². The van der Waals surface area contributed by atoms with E-state index < -0.39 is 22.9 Å². The minimum Gasteiger partial charge on any atom is -0.376 e. The van der Waals surface area contributed by atoms with Crippen LogP contribution >= 0.6 is 0 Å². The van der Waals surface area contributed by atoms with Gasteiger partial charge >= 0.3 is 5.69 Å². The summed E-state index contributed by atoms with van der Waals surface area (Å²) in [7, 11) is 0.